The molecule has 1 saturated heterocycles. The molecule has 0 radical (unpaired) electrons. The van der Waals surface area contributed by atoms with Gasteiger partial charge in [-0.2, -0.15) is 0 Å². The molecule has 0 unspecified atom stereocenters. The van der Waals surface area contributed by atoms with Crippen molar-refractivity contribution in [1.29, 1.82) is 0 Å². The number of hydrogen-bond acceptors (Lipinski definition) is 3. The Hall–Kier alpha value is -1.82. The lowest BCUT2D eigenvalue weighted by atomic mass is 9.97. The van der Waals surface area contributed by atoms with Crippen LogP contribution >= 0.6 is 0 Å². The molecule has 1 aromatic heterocycles. The number of halogens is 2. The first kappa shape index (κ1) is 19.0. The molecule has 0 aliphatic carbocycles. The number of fused-ring (bicyclic) bond motifs is 1. The lowest BCUT2D eigenvalue weighted by molar-refractivity contribution is 0.115. The predicted molar refractivity (Wildman–Crippen MR) is 99.2 cm³/mol. The van der Waals surface area contributed by atoms with Crippen LogP contribution < -0.4 is 5.56 Å². The smallest absolute Gasteiger partial charge is 0.261 e. The second-order valence-electron chi connectivity index (χ2n) is 7.35. The number of hydrogen-bond donors (Lipinski definition) is 0. The van der Waals surface area contributed by atoms with Gasteiger partial charge in [-0.1, -0.05) is 20.3 Å². The lowest BCUT2D eigenvalue weighted by Gasteiger charge is -2.37. The first-order valence-electron chi connectivity index (χ1n) is 9.59. The van der Waals surface area contributed by atoms with Gasteiger partial charge >= 0.3 is 0 Å². The minimum absolute atomic E-state index is 0.0212. The normalized spacial score (nSPS) is 19.8. The third-order valence-electron chi connectivity index (χ3n) is 5.33. The van der Waals surface area contributed by atoms with Crippen LogP contribution in [0.5, 0.6) is 0 Å². The van der Waals surface area contributed by atoms with Gasteiger partial charge in [0.25, 0.3) is 5.56 Å². The van der Waals surface area contributed by atoms with Crippen LogP contribution in [0.25, 0.3) is 10.9 Å². The number of piperidine rings is 1. The Labute approximate surface area is 152 Å². The summed E-state index contributed by atoms with van der Waals surface area (Å²) in [6.45, 7) is 8.66. The second-order valence-corrected chi connectivity index (χ2v) is 7.35. The van der Waals surface area contributed by atoms with Gasteiger partial charge < -0.3 is 0 Å². The molecule has 0 N–H and O–H groups in total. The molecule has 2 atom stereocenters. The van der Waals surface area contributed by atoms with Gasteiger partial charge in [-0.05, 0) is 44.7 Å². The molecule has 142 valence electrons. The van der Waals surface area contributed by atoms with E-state index in [4.69, 9.17) is 0 Å². The van der Waals surface area contributed by atoms with Gasteiger partial charge in [-0.25, -0.2) is 13.8 Å². The minimum Gasteiger partial charge on any atom is -0.295 e. The number of rotatable bonds is 5. The molecule has 0 bridgehead atoms. The fourth-order valence-electron chi connectivity index (χ4n) is 4.05. The molecule has 1 fully saturated rings. The largest absolute Gasteiger partial charge is 0.295 e. The quantitative estimate of drug-likeness (QED) is 0.796. The maximum absolute atomic E-state index is 13.7. The van der Waals surface area contributed by atoms with Crippen molar-refractivity contribution in [3.63, 3.8) is 0 Å². The Morgan fingerprint density at radius 3 is 2.65 bits per heavy atom. The fourth-order valence-corrected chi connectivity index (χ4v) is 4.05. The molecule has 1 aromatic carbocycles. The average molecular weight is 363 g/mol. The van der Waals surface area contributed by atoms with Crippen LogP contribution in [-0.2, 0) is 6.54 Å². The third kappa shape index (κ3) is 3.52. The molecule has 2 aromatic rings. The SMILES string of the molecule is CCC[C@H](c1nc2cc(F)c(F)cc2c(=O)n1CC)N1CCC[C@@H](C)C1. The second kappa shape index (κ2) is 7.82. The Balaban J connectivity index is 2.16. The maximum atomic E-state index is 13.7. The van der Waals surface area contributed by atoms with E-state index in [0.29, 0.717) is 18.3 Å². The van der Waals surface area contributed by atoms with Crippen LogP contribution in [0, 0.1) is 17.6 Å². The average Bonchev–Trinajstić information content (AvgIpc) is 2.61. The van der Waals surface area contributed by atoms with Gasteiger partial charge in [0.05, 0.1) is 16.9 Å². The number of likely N-dealkylation sites (tertiary alicyclic amines) is 1. The van der Waals surface area contributed by atoms with E-state index >= 15 is 0 Å². The fraction of sp³-hybridized carbons (Fsp3) is 0.600. The van der Waals surface area contributed by atoms with Crippen molar-refractivity contribution in [2.45, 2.75) is 59.0 Å². The highest BCUT2D eigenvalue weighted by molar-refractivity contribution is 5.77. The summed E-state index contributed by atoms with van der Waals surface area (Å²) < 4.78 is 29.0. The zero-order chi connectivity index (χ0) is 18.8. The lowest BCUT2D eigenvalue weighted by Crippen LogP contribution is -2.40. The van der Waals surface area contributed by atoms with Crippen LogP contribution in [0.15, 0.2) is 16.9 Å². The van der Waals surface area contributed by atoms with E-state index in [2.05, 4.69) is 23.7 Å². The van der Waals surface area contributed by atoms with Gasteiger partial charge in [-0.15, -0.1) is 0 Å². The van der Waals surface area contributed by atoms with Gasteiger partial charge in [0.2, 0.25) is 0 Å². The Morgan fingerprint density at radius 2 is 2.00 bits per heavy atom. The first-order chi connectivity index (χ1) is 12.5. The molecular formula is C20H27F2N3O. The summed E-state index contributed by atoms with van der Waals surface area (Å²) in [5, 5.41) is 0.136. The van der Waals surface area contributed by atoms with Crippen molar-refractivity contribution >= 4 is 10.9 Å². The Bertz CT molecular complexity index is 849. The van der Waals surface area contributed by atoms with Gasteiger partial charge in [0.1, 0.15) is 5.82 Å². The zero-order valence-electron chi connectivity index (χ0n) is 15.8. The summed E-state index contributed by atoms with van der Waals surface area (Å²) in [6, 6.07) is 2.03. The van der Waals surface area contributed by atoms with Crippen molar-refractivity contribution in [1.82, 2.24) is 14.5 Å². The van der Waals surface area contributed by atoms with E-state index in [1.165, 1.54) is 6.42 Å². The maximum Gasteiger partial charge on any atom is 0.261 e. The molecule has 0 saturated carbocycles. The van der Waals surface area contributed by atoms with Crippen LogP contribution in [0.4, 0.5) is 8.78 Å². The number of aromatic nitrogens is 2. The third-order valence-corrected chi connectivity index (χ3v) is 5.33. The highest BCUT2D eigenvalue weighted by Gasteiger charge is 2.28. The van der Waals surface area contributed by atoms with Gasteiger partial charge in [-0.3, -0.25) is 14.3 Å². The summed E-state index contributed by atoms with van der Waals surface area (Å²) >= 11 is 0. The molecule has 26 heavy (non-hydrogen) atoms. The van der Waals surface area contributed by atoms with Crippen molar-refractivity contribution < 1.29 is 8.78 Å². The van der Waals surface area contributed by atoms with E-state index in [1.807, 2.05) is 6.92 Å². The van der Waals surface area contributed by atoms with Crippen molar-refractivity contribution in [2.24, 2.45) is 5.92 Å². The van der Waals surface area contributed by atoms with Gasteiger partial charge in [0, 0.05) is 19.2 Å². The van der Waals surface area contributed by atoms with Crippen LogP contribution in [0.1, 0.15) is 58.3 Å². The summed E-state index contributed by atoms with van der Waals surface area (Å²) in [5.41, 5.74) is -0.0580. The molecule has 6 heteroatoms. The van der Waals surface area contributed by atoms with Crippen LogP contribution in [-0.4, -0.2) is 27.5 Å². The highest BCUT2D eigenvalue weighted by Crippen LogP contribution is 2.30. The minimum atomic E-state index is -1.01. The molecular weight excluding hydrogens is 336 g/mol. The van der Waals surface area contributed by atoms with E-state index in [9.17, 15) is 13.6 Å². The number of nitrogens with zero attached hydrogens (tertiary/aromatic N) is 3. The van der Waals surface area contributed by atoms with E-state index < -0.39 is 11.6 Å². The first-order valence-corrected chi connectivity index (χ1v) is 9.59. The summed E-state index contributed by atoms with van der Waals surface area (Å²) in [5.74, 6) is -0.700. The van der Waals surface area contributed by atoms with Crippen LogP contribution in [0.3, 0.4) is 0 Å². The van der Waals surface area contributed by atoms with Crippen molar-refractivity contribution in [3.8, 4) is 0 Å². The molecule has 1 aliphatic heterocycles. The summed E-state index contributed by atoms with van der Waals surface area (Å²) in [4.78, 5) is 20.0. The Kier molecular flexibility index (Phi) is 5.70. The van der Waals surface area contributed by atoms with Crippen molar-refractivity contribution in [2.75, 3.05) is 13.1 Å². The zero-order valence-corrected chi connectivity index (χ0v) is 15.8. The molecule has 1 aliphatic rings. The summed E-state index contributed by atoms with van der Waals surface area (Å²) in [6.07, 6.45) is 4.19. The van der Waals surface area contributed by atoms with E-state index in [0.717, 1.165) is 44.5 Å². The predicted octanol–water partition coefficient (Wildman–Crippen LogP) is 4.27. The van der Waals surface area contributed by atoms with E-state index in [-0.39, 0.29) is 22.5 Å². The molecule has 4 nitrogen and oxygen atoms in total. The van der Waals surface area contributed by atoms with E-state index in [1.54, 1.807) is 4.57 Å². The number of benzene rings is 1. The molecule has 2 heterocycles. The molecule has 0 spiro atoms. The standard InChI is InChI=1S/C20H27F2N3O/c1-4-7-18(24-9-6-8-13(3)12-24)19-23-17-11-16(22)15(21)10-14(17)20(26)25(19)5-2/h10-11,13,18H,4-9,12H2,1-3H3/t13-,18-/m1/s1. The van der Waals surface area contributed by atoms with Crippen molar-refractivity contribution in [3.05, 3.63) is 39.9 Å². The Morgan fingerprint density at radius 1 is 1.27 bits per heavy atom. The monoisotopic (exact) mass is 363 g/mol. The highest BCUT2D eigenvalue weighted by atomic mass is 19.2. The molecule has 3 rings (SSSR count). The van der Waals surface area contributed by atoms with Crippen LogP contribution in [0.2, 0.25) is 0 Å². The van der Waals surface area contributed by atoms with Gasteiger partial charge in [0.15, 0.2) is 11.6 Å². The summed E-state index contributed by atoms with van der Waals surface area (Å²) in [7, 11) is 0. The molecule has 0 amide bonds. The topological polar surface area (TPSA) is 38.1 Å².